The summed E-state index contributed by atoms with van der Waals surface area (Å²) in [5, 5.41) is 13.2. The number of likely N-dealkylation sites (tertiary alicyclic amines) is 1. The molecule has 2 unspecified atom stereocenters. The molecule has 3 heteroatoms. The summed E-state index contributed by atoms with van der Waals surface area (Å²) in [7, 11) is 0. The number of hydrogen-bond acceptors (Lipinski definition) is 3. The molecular formula is C12H26N2O. The highest BCUT2D eigenvalue weighted by Gasteiger charge is 2.20. The van der Waals surface area contributed by atoms with Crippen LogP contribution in [0, 0.1) is 0 Å². The molecule has 1 aliphatic rings. The van der Waals surface area contributed by atoms with Crippen molar-refractivity contribution in [1.82, 2.24) is 10.2 Å². The zero-order valence-electron chi connectivity index (χ0n) is 10.4. The van der Waals surface area contributed by atoms with E-state index in [2.05, 4.69) is 17.1 Å². The van der Waals surface area contributed by atoms with E-state index in [1.165, 1.54) is 25.9 Å². The van der Waals surface area contributed by atoms with Crippen LogP contribution in [-0.2, 0) is 0 Å². The minimum Gasteiger partial charge on any atom is -0.389 e. The van der Waals surface area contributed by atoms with Gasteiger partial charge in [0.15, 0.2) is 0 Å². The molecule has 0 aromatic rings. The Morgan fingerprint density at radius 2 is 2.00 bits per heavy atom. The van der Waals surface area contributed by atoms with Crippen LogP contribution in [0.3, 0.4) is 0 Å². The molecule has 15 heavy (non-hydrogen) atoms. The van der Waals surface area contributed by atoms with Gasteiger partial charge in [-0.2, -0.15) is 0 Å². The molecule has 0 saturated carbocycles. The Bertz CT molecular complexity index is 176. The number of nitrogens with one attached hydrogen (secondary N) is 1. The molecule has 0 bridgehead atoms. The molecule has 90 valence electrons. The van der Waals surface area contributed by atoms with Crippen molar-refractivity contribution in [2.75, 3.05) is 26.2 Å². The lowest BCUT2D eigenvalue weighted by Gasteiger charge is -2.27. The van der Waals surface area contributed by atoms with Gasteiger partial charge in [-0.05, 0) is 46.2 Å². The molecule has 0 aliphatic carbocycles. The lowest BCUT2D eigenvalue weighted by molar-refractivity contribution is 0.0541. The van der Waals surface area contributed by atoms with Gasteiger partial charge < -0.3 is 10.4 Å². The van der Waals surface area contributed by atoms with Crippen LogP contribution in [0.5, 0.6) is 0 Å². The average molecular weight is 214 g/mol. The van der Waals surface area contributed by atoms with Crippen LogP contribution < -0.4 is 5.32 Å². The van der Waals surface area contributed by atoms with E-state index >= 15 is 0 Å². The normalized spacial score (nSPS) is 24.0. The second-order valence-electron chi connectivity index (χ2n) is 5.07. The van der Waals surface area contributed by atoms with Crippen LogP contribution in [0.2, 0.25) is 0 Å². The van der Waals surface area contributed by atoms with Gasteiger partial charge in [0.05, 0.1) is 5.60 Å². The molecule has 2 N–H and O–H groups in total. The van der Waals surface area contributed by atoms with Gasteiger partial charge in [-0.15, -0.1) is 0 Å². The van der Waals surface area contributed by atoms with Crippen LogP contribution in [0.25, 0.3) is 0 Å². The van der Waals surface area contributed by atoms with Crippen molar-refractivity contribution in [3.63, 3.8) is 0 Å². The summed E-state index contributed by atoms with van der Waals surface area (Å²) >= 11 is 0. The summed E-state index contributed by atoms with van der Waals surface area (Å²) in [6.45, 7) is 10.3. The summed E-state index contributed by atoms with van der Waals surface area (Å²) in [6.07, 6.45) is 3.49. The standard InChI is InChI=1S/C12H26N2O/c1-4-12(3,15)10-13-9-11(2)14-7-5-6-8-14/h11,13,15H,4-10H2,1-3H3. The maximum Gasteiger partial charge on any atom is 0.0741 e. The van der Waals surface area contributed by atoms with E-state index < -0.39 is 5.60 Å². The lowest BCUT2D eigenvalue weighted by Crippen LogP contribution is -2.44. The summed E-state index contributed by atoms with van der Waals surface area (Å²) in [5.41, 5.74) is -0.551. The van der Waals surface area contributed by atoms with E-state index in [0.29, 0.717) is 12.6 Å². The number of aliphatic hydroxyl groups is 1. The van der Waals surface area contributed by atoms with Gasteiger partial charge in [0, 0.05) is 19.1 Å². The monoisotopic (exact) mass is 214 g/mol. The van der Waals surface area contributed by atoms with Crippen molar-refractivity contribution in [1.29, 1.82) is 0 Å². The Kier molecular flexibility index (Phi) is 5.03. The topological polar surface area (TPSA) is 35.5 Å². The zero-order valence-corrected chi connectivity index (χ0v) is 10.4. The third-order valence-corrected chi connectivity index (χ3v) is 3.47. The van der Waals surface area contributed by atoms with E-state index in [1.807, 2.05) is 13.8 Å². The van der Waals surface area contributed by atoms with Gasteiger partial charge >= 0.3 is 0 Å². The molecule has 1 fully saturated rings. The highest BCUT2D eigenvalue weighted by atomic mass is 16.3. The van der Waals surface area contributed by atoms with E-state index in [-0.39, 0.29) is 0 Å². The Morgan fingerprint density at radius 3 is 2.53 bits per heavy atom. The van der Waals surface area contributed by atoms with Gasteiger partial charge in [0.2, 0.25) is 0 Å². The maximum atomic E-state index is 9.83. The van der Waals surface area contributed by atoms with Crippen molar-refractivity contribution in [3.05, 3.63) is 0 Å². The van der Waals surface area contributed by atoms with Crippen LogP contribution in [-0.4, -0.2) is 47.8 Å². The smallest absolute Gasteiger partial charge is 0.0741 e. The minimum absolute atomic E-state index is 0.551. The van der Waals surface area contributed by atoms with Crippen LogP contribution in [0.4, 0.5) is 0 Å². The first kappa shape index (κ1) is 12.9. The molecule has 1 rings (SSSR count). The molecule has 1 heterocycles. The third kappa shape index (κ3) is 4.49. The SMILES string of the molecule is CCC(C)(O)CNCC(C)N1CCCC1. The first-order valence-corrected chi connectivity index (χ1v) is 6.22. The van der Waals surface area contributed by atoms with E-state index in [4.69, 9.17) is 0 Å². The Hall–Kier alpha value is -0.120. The van der Waals surface area contributed by atoms with Crippen molar-refractivity contribution in [3.8, 4) is 0 Å². The van der Waals surface area contributed by atoms with Crippen LogP contribution >= 0.6 is 0 Å². The summed E-state index contributed by atoms with van der Waals surface area (Å²) in [4.78, 5) is 2.52. The average Bonchev–Trinajstić information content (AvgIpc) is 2.70. The molecule has 0 aromatic carbocycles. The quantitative estimate of drug-likeness (QED) is 0.698. The second kappa shape index (κ2) is 5.83. The summed E-state index contributed by atoms with van der Waals surface area (Å²) in [5.74, 6) is 0. The predicted octanol–water partition coefficient (Wildman–Crippen LogP) is 1.22. The molecule has 2 atom stereocenters. The maximum absolute atomic E-state index is 9.83. The number of rotatable bonds is 6. The van der Waals surface area contributed by atoms with Gasteiger partial charge in [-0.25, -0.2) is 0 Å². The molecule has 0 radical (unpaired) electrons. The molecule has 1 aliphatic heterocycles. The van der Waals surface area contributed by atoms with E-state index in [9.17, 15) is 5.11 Å². The Labute approximate surface area is 93.9 Å². The van der Waals surface area contributed by atoms with Gasteiger partial charge in [0.1, 0.15) is 0 Å². The van der Waals surface area contributed by atoms with Crippen molar-refractivity contribution in [2.45, 2.75) is 51.7 Å². The highest BCUT2D eigenvalue weighted by molar-refractivity contribution is 4.78. The molecule has 3 nitrogen and oxygen atoms in total. The Balaban J connectivity index is 2.13. The first-order chi connectivity index (χ1) is 7.05. The van der Waals surface area contributed by atoms with E-state index in [0.717, 1.165) is 13.0 Å². The van der Waals surface area contributed by atoms with Gasteiger partial charge in [0.25, 0.3) is 0 Å². The van der Waals surface area contributed by atoms with Crippen LogP contribution in [0.15, 0.2) is 0 Å². The van der Waals surface area contributed by atoms with Crippen molar-refractivity contribution >= 4 is 0 Å². The van der Waals surface area contributed by atoms with Crippen molar-refractivity contribution < 1.29 is 5.11 Å². The fraction of sp³-hybridized carbons (Fsp3) is 1.00. The molecule has 0 spiro atoms. The van der Waals surface area contributed by atoms with Gasteiger partial charge in [-0.3, -0.25) is 4.90 Å². The zero-order chi connectivity index (χ0) is 11.3. The van der Waals surface area contributed by atoms with Crippen LogP contribution in [0.1, 0.15) is 40.0 Å². The summed E-state index contributed by atoms with van der Waals surface area (Å²) in [6, 6.07) is 0.597. The summed E-state index contributed by atoms with van der Waals surface area (Å²) < 4.78 is 0. The minimum atomic E-state index is -0.551. The molecule has 0 aromatic heterocycles. The lowest BCUT2D eigenvalue weighted by atomic mass is 10.0. The molecular weight excluding hydrogens is 188 g/mol. The molecule has 0 amide bonds. The predicted molar refractivity (Wildman–Crippen MR) is 64.1 cm³/mol. The fourth-order valence-corrected chi connectivity index (χ4v) is 1.99. The van der Waals surface area contributed by atoms with E-state index in [1.54, 1.807) is 0 Å². The first-order valence-electron chi connectivity index (χ1n) is 6.22. The highest BCUT2D eigenvalue weighted by Crippen LogP contribution is 2.11. The third-order valence-electron chi connectivity index (χ3n) is 3.47. The number of hydrogen-bond donors (Lipinski definition) is 2. The fourth-order valence-electron chi connectivity index (χ4n) is 1.99. The van der Waals surface area contributed by atoms with Crippen molar-refractivity contribution in [2.24, 2.45) is 0 Å². The second-order valence-corrected chi connectivity index (χ2v) is 5.07. The van der Waals surface area contributed by atoms with Gasteiger partial charge in [-0.1, -0.05) is 6.92 Å². The Morgan fingerprint density at radius 1 is 1.40 bits per heavy atom. The number of nitrogens with zero attached hydrogens (tertiary/aromatic N) is 1. The largest absolute Gasteiger partial charge is 0.389 e. The molecule has 1 saturated heterocycles.